The van der Waals surface area contributed by atoms with Gasteiger partial charge in [-0.3, -0.25) is 0 Å². The Morgan fingerprint density at radius 3 is 2.88 bits per heavy atom. The molecule has 0 saturated carbocycles. The first-order chi connectivity index (χ1) is 8.08. The van der Waals surface area contributed by atoms with Crippen molar-refractivity contribution in [1.29, 1.82) is 0 Å². The summed E-state index contributed by atoms with van der Waals surface area (Å²) in [6, 6.07) is 7.36. The largest absolute Gasteiger partial charge is 0.396 e. The fourth-order valence-electron chi connectivity index (χ4n) is 1.39. The van der Waals surface area contributed by atoms with E-state index >= 15 is 0 Å². The average molecular weight is 313 g/mol. The summed E-state index contributed by atoms with van der Waals surface area (Å²) in [5.74, 6) is 0.632. The summed E-state index contributed by atoms with van der Waals surface area (Å²) in [5.41, 5.74) is 8.41. The number of aryl methyl sites for hydroxylation is 1. The molecule has 5 heteroatoms. The molecule has 0 amide bonds. The van der Waals surface area contributed by atoms with Crippen molar-refractivity contribution in [2.45, 2.75) is 6.92 Å². The molecule has 17 heavy (non-hydrogen) atoms. The van der Waals surface area contributed by atoms with Crippen molar-refractivity contribution in [3.8, 4) is 0 Å². The predicted octanol–water partition coefficient (Wildman–Crippen LogP) is 4.13. The van der Waals surface area contributed by atoms with Crippen LogP contribution in [0.3, 0.4) is 0 Å². The van der Waals surface area contributed by atoms with E-state index in [1.54, 1.807) is 6.20 Å². The number of anilines is 3. The van der Waals surface area contributed by atoms with Gasteiger partial charge in [-0.05, 0) is 52.7 Å². The Hall–Kier alpha value is -1.26. The maximum atomic E-state index is 5.95. The molecule has 1 aromatic carbocycles. The minimum absolute atomic E-state index is 0.632. The van der Waals surface area contributed by atoms with Crippen LogP contribution in [0.2, 0.25) is 5.02 Å². The number of nitrogens with one attached hydrogen (secondary N) is 1. The molecule has 0 aliphatic carbocycles. The number of hydrogen-bond donors (Lipinski definition) is 2. The van der Waals surface area contributed by atoms with E-state index in [4.69, 9.17) is 17.3 Å². The maximum absolute atomic E-state index is 5.95. The van der Waals surface area contributed by atoms with Gasteiger partial charge in [0.15, 0.2) is 5.82 Å². The number of benzene rings is 1. The van der Waals surface area contributed by atoms with Crippen molar-refractivity contribution in [2.75, 3.05) is 11.1 Å². The summed E-state index contributed by atoms with van der Waals surface area (Å²) in [6.45, 7) is 1.94. The standard InChI is InChI=1S/C12H11BrClN3/c1-7-4-5-16-12(11(7)15)17-10-6-8(14)2-3-9(10)13/h2-6H,15H2,1H3,(H,16,17). The van der Waals surface area contributed by atoms with Gasteiger partial charge < -0.3 is 11.1 Å². The molecule has 0 aliphatic heterocycles. The topological polar surface area (TPSA) is 50.9 Å². The quantitative estimate of drug-likeness (QED) is 0.876. The van der Waals surface area contributed by atoms with Crippen LogP contribution in [-0.4, -0.2) is 4.98 Å². The van der Waals surface area contributed by atoms with Crippen LogP contribution >= 0.6 is 27.5 Å². The molecule has 0 radical (unpaired) electrons. The molecule has 0 aliphatic rings. The van der Waals surface area contributed by atoms with Crippen molar-refractivity contribution in [2.24, 2.45) is 0 Å². The van der Waals surface area contributed by atoms with Gasteiger partial charge in [0.2, 0.25) is 0 Å². The van der Waals surface area contributed by atoms with Crippen molar-refractivity contribution in [3.63, 3.8) is 0 Å². The Balaban J connectivity index is 2.38. The van der Waals surface area contributed by atoms with Crippen molar-refractivity contribution in [3.05, 3.63) is 45.5 Å². The van der Waals surface area contributed by atoms with E-state index in [-0.39, 0.29) is 0 Å². The van der Waals surface area contributed by atoms with Crippen LogP contribution in [0.4, 0.5) is 17.2 Å². The molecule has 1 heterocycles. The van der Waals surface area contributed by atoms with Gasteiger partial charge in [0.05, 0.1) is 11.4 Å². The molecule has 1 aromatic heterocycles. The molecule has 88 valence electrons. The normalized spacial score (nSPS) is 10.3. The van der Waals surface area contributed by atoms with E-state index in [1.165, 1.54) is 0 Å². The second-order valence-electron chi connectivity index (χ2n) is 3.64. The predicted molar refractivity (Wildman–Crippen MR) is 75.8 cm³/mol. The minimum atomic E-state index is 0.632. The zero-order valence-corrected chi connectivity index (χ0v) is 11.5. The zero-order valence-electron chi connectivity index (χ0n) is 9.17. The third-order valence-corrected chi connectivity index (χ3v) is 3.32. The SMILES string of the molecule is Cc1ccnc(Nc2cc(Cl)ccc2Br)c1N. The lowest BCUT2D eigenvalue weighted by Gasteiger charge is -2.11. The van der Waals surface area contributed by atoms with E-state index < -0.39 is 0 Å². The highest BCUT2D eigenvalue weighted by Crippen LogP contribution is 2.30. The molecule has 0 atom stereocenters. The van der Waals surface area contributed by atoms with Crippen molar-refractivity contribution >= 4 is 44.7 Å². The zero-order chi connectivity index (χ0) is 12.4. The van der Waals surface area contributed by atoms with Crippen LogP contribution in [0.15, 0.2) is 34.9 Å². The highest BCUT2D eigenvalue weighted by atomic mass is 79.9. The molecule has 0 unspecified atom stereocenters. The first-order valence-corrected chi connectivity index (χ1v) is 6.18. The van der Waals surface area contributed by atoms with Gasteiger partial charge in [-0.15, -0.1) is 0 Å². The summed E-state index contributed by atoms with van der Waals surface area (Å²) in [7, 11) is 0. The lowest BCUT2D eigenvalue weighted by Crippen LogP contribution is -2.01. The lowest BCUT2D eigenvalue weighted by molar-refractivity contribution is 1.28. The fraction of sp³-hybridized carbons (Fsp3) is 0.0833. The molecule has 3 N–H and O–H groups in total. The Kier molecular flexibility index (Phi) is 3.54. The lowest BCUT2D eigenvalue weighted by atomic mass is 10.2. The number of pyridine rings is 1. The van der Waals surface area contributed by atoms with Gasteiger partial charge in [0, 0.05) is 15.7 Å². The van der Waals surface area contributed by atoms with E-state index in [0.29, 0.717) is 16.5 Å². The third-order valence-electron chi connectivity index (χ3n) is 2.39. The Bertz CT molecular complexity index is 557. The highest BCUT2D eigenvalue weighted by Gasteiger charge is 2.06. The van der Waals surface area contributed by atoms with E-state index in [1.807, 2.05) is 31.2 Å². The number of nitrogens with zero attached hydrogens (tertiary/aromatic N) is 1. The molecule has 0 saturated heterocycles. The summed E-state index contributed by atoms with van der Waals surface area (Å²) in [4.78, 5) is 4.21. The summed E-state index contributed by atoms with van der Waals surface area (Å²) in [5, 5.41) is 3.81. The van der Waals surface area contributed by atoms with Crippen LogP contribution in [0.5, 0.6) is 0 Å². The molecule has 0 fully saturated rings. The van der Waals surface area contributed by atoms with Crippen LogP contribution in [0, 0.1) is 6.92 Å². The fourth-order valence-corrected chi connectivity index (χ4v) is 1.91. The average Bonchev–Trinajstić information content (AvgIpc) is 2.30. The Labute approximate surface area is 113 Å². The number of nitrogens with two attached hydrogens (primary N) is 1. The summed E-state index contributed by atoms with van der Waals surface area (Å²) in [6.07, 6.45) is 1.71. The highest BCUT2D eigenvalue weighted by molar-refractivity contribution is 9.10. The van der Waals surface area contributed by atoms with E-state index in [0.717, 1.165) is 15.7 Å². The third kappa shape index (κ3) is 2.70. The van der Waals surface area contributed by atoms with Crippen molar-refractivity contribution in [1.82, 2.24) is 4.98 Å². The second-order valence-corrected chi connectivity index (χ2v) is 4.93. The van der Waals surface area contributed by atoms with Gasteiger partial charge in [-0.25, -0.2) is 4.98 Å². The number of nitrogen functional groups attached to an aromatic ring is 1. The molecule has 2 aromatic rings. The Morgan fingerprint density at radius 1 is 1.35 bits per heavy atom. The smallest absolute Gasteiger partial charge is 0.153 e. The van der Waals surface area contributed by atoms with E-state index in [9.17, 15) is 0 Å². The first-order valence-electron chi connectivity index (χ1n) is 5.01. The number of rotatable bonds is 2. The monoisotopic (exact) mass is 311 g/mol. The molecular formula is C12H11BrClN3. The minimum Gasteiger partial charge on any atom is -0.396 e. The Morgan fingerprint density at radius 2 is 2.12 bits per heavy atom. The van der Waals surface area contributed by atoms with Gasteiger partial charge in [-0.2, -0.15) is 0 Å². The van der Waals surface area contributed by atoms with Crippen LogP contribution in [0.25, 0.3) is 0 Å². The molecule has 2 rings (SSSR count). The molecule has 0 bridgehead atoms. The van der Waals surface area contributed by atoms with Gasteiger partial charge in [0.1, 0.15) is 0 Å². The molecular weight excluding hydrogens is 302 g/mol. The molecule has 0 spiro atoms. The van der Waals surface area contributed by atoms with Crippen LogP contribution in [0.1, 0.15) is 5.56 Å². The van der Waals surface area contributed by atoms with Crippen molar-refractivity contribution < 1.29 is 0 Å². The number of aromatic nitrogens is 1. The second kappa shape index (κ2) is 4.94. The first kappa shape index (κ1) is 12.2. The summed E-state index contributed by atoms with van der Waals surface area (Å²) < 4.78 is 0.907. The number of halogens is 2. The van der Waals surface area contributed by atoms with Gasteiger partial charge in [-0.1, -0.05) is 11.6 Å². The van der Waals surface area contributed by atoms with Gasteiger partial charge in [0.25, 0.3) is 0 Å². The molecule has 3 nitrogen and oxygen atoms in total. The maximum Gasteiger partial charge on any atom is 0.153 e. The summed E-state index contributed by atoms with van der Waals surface area (Å²) >= 11 is 9.38. The van der Waals surface area contributed by atoms with Gasteiger partial charge >= 0.3 is 0 Å². The van der Waals surface area contributed by atoms with E-state index in [2.05, 4.69) is 26.2 Å². The number of hydrogen-bond acceptors (Lipinski definition) is 3. The van der Waals surface area contributed by atoms with Crippen LogP contribution in [-0.2, 0) is 0 Å². The van der Waals surface area contributed by atoms with Crippen LogP contribution < -0.4 is 11.1 Å².